The minimum atomic E-state index is -4.75. The van der Waals surface area contributed by atoms with Gasteiger partial charge in [-0.1, -0.05) is 32.0 Å². The molecule has 4 aromatic rings. The van der Waals surface area contributed by atoms with Crippen molar-refractivity contribution in [2.75, 3.05) is 5.32 Å². The van der Waals surface area contributed by atoms with Crippen molar-refractivity contribution in [1.82, 2.24) is 19.5 Å². The fourth-order valence-corrected chi connectivity index (χ4v) is 4.06. The Bertz CT molecular complexity index is 1470. The van der Waals surface area contributed by atoms with Crippen LogP contribution >= 0.6 is 12.1 Å². The van der Waals surface area contributed by atoms with Crippen LogP contribution < -0.4 is 19.5 Å². The Morgan fingerprint density at radius 2 is 1.87 bits per heavy atom. The number of amides is 2. The van der Waals surface area contributed by atoms with Crippen molar-refractivity contribution in [3.63, 3.8) is 0 Å². The van der Waals surface area contributed by atoms with Crippen LogP contribution in [0.25, 0.3) is 10.9 Å². The number of para-hydroxylation sites is 1. The van der Waals surface area contributed by atoms with Gasteiger partial charge in [0.25, 0.3) is 0 Å². The van der Waals surface area contributed by atoms with Gasteiger partial charge in [0, 0.05) is 24.3 Å². The molecule has 39 heavy (non-hydrogen) atoms. The van der Waals surface area contributed by atoms with E-state index in [9.17, 15) is 18.0 Å². The molecule has 2 amide bonds. The van der Waals surface area contributed by atoms with Crippen LogP contribution in [0.5, 0.6) is 11.5 Å². The number of fused-ring (bicyclic) bond motifs is 1. The number of alkyl halides is 3. The molecule has 204 valence electrons. The highest BCUT2D eigenvalue weighted by Crippen LogP contribution is 2.26. The normalized spacial score (nSPS) is 11.8. The number of carbonyl (C=O) groups is 1. The zero-order valence-corrected chi connectivity index (χ0v) is 22.0. The molecule has 0 aliphatic carbocycles. The second-order valence-electron chi connectivity index (χ2n) is 8.63. The van der Waals surface area contributed by atoms with E-state index in [0.717, 1.165) is 34.3 Å². The number of nitrogens with one attached hydrogen (secondary N) is 2. The second kappa shape index (κ2) is 12.1. The van der Waals surface area contributed by atoms with E-state index in [-0.39, 0.29) is 18.3 Å². The molecule has 13 heteroatoms. The summed E-state index contributed by atoms with van der Waals surface area (Å²) in [6, 6.07) is 14.1. The quantitative estimate of drug-likeness (QED) is 0.183. The van der Waals surface area contributed by atoms with Crippen LogP contribution in [-0.4, -0.2) is 33.4 Å². The number of urea groups is 1. The molecule has 0 radical (unpaired) electrons. The fourth-order valence-electron chi connectivity index (χ4n) is 3.72. The number of ether oxygens (including phenoxy) is 2. The van der Waals surface area contributed by atoms with Gasteiger partial charge in [-0.05, 0) is 47.9 Å². The maximum Gasteiger partial charge on any atom is 0.573 e. The largest absolute Gasteiger partial charge is 0.573 e. The minimum absolute atomic E-state index is 0.0841. The summed E-state index contributed by atoms with van der Waals surface area (Å²) in [5.41, 5.74) is 3.71. The van der Waals surface area contributed by atoms with Gasteiger partial charge in [-0.25, -0.2) is 9.19 Å². The zero-order chi connectivity index (χ0) is 28.0. The van der Waals surface area contributed by atoms with Gasteiger partial charge in [-0.3, -0.25) is 14.4 Å². The third kappa shape index (κ3) is 7.63. The van der Waals surface area contributed by atoms with E-state index in [1.165, 1.54) is 30.5 Å². The molecule has 0 fully saturated rings. The molecule has 0 bridgehead atoms. The monoisotopic (exact) mass is 558 g/mol. The van der Waals surface area contributed by atoms with Gasteiger partial charge in [0.1, 0.15) is 23.8 Å². The zero-order valence-electron chi connectivity index (χ0n) is 21.2. The molecule has 2 heterocycles. The Morgan fingerprint density at radius 1 is 1.15 bits per heavy atom. The number of rotatable bonds is 9. The Hall–Kier alpha value is -4.26. The van der Waals surface area contributed by atoms with E-state index in [4.69, 9.17) is 4.74 Å². The topological polar surface area (TPSA) is 103 Å². The van der Waals surface area contributed by atoms with Crippen molar-refractivity contribution in [3.8, 4) is 11.5 Å². The summed E-state index contributed by atoms with van der Waals surface area (Å²) in [6.45, 7) is 4.19. The molecule has 9 nitrogen and oxygen atoms in total. The van der Waals surface area contributed by atoms with Crippen molar-refractivity contribution < 1.29 is 27.4 Å². The first-order valence-corrected chi connectivity index (χ1v) is 12.5. The number of hydrogen-bond donors (Lipinski definition) is 2. The Labute approximate surface area is 226 Å². The number of carbonyl (C=O) groups excluding carboxylic acids is 1. The molecule has 0 atom stereocenters. The minimum Gasteiger partial charge on any atom is -0.487 e. The highest BCUT2D eigenvalue weighted by Gasteiger charge is 2.31. The van der Waals surface area contributed by atoms with Gasteiger partial charge in [0.2, 0.25) is 0 Å². The van der Waals surface area contributed by atoms with E-state index in [1.807, 2.05) is 24.3 Å². The third-order valence-electron chi connectivity index (χ3n) is 5.47. The molecule has 0 aliphatic heterocycles. The summed E-state index contributed by atoms with van der Waals surface area (Å²) in [5.74, 6) is 0.295. The smallest absolute Gasteiger partial charge is 0.487 e. The van der Waals surface area contributed by atoms with Crippen LogP contribution in [0.2, 0.25) is 0 Å². The van der Waals surface area contributed by atoms with Gasteiger partial charge in [-0.2, -0.15) is 5.10 Å². The Morgan fingerprint density at radius 3 is 2.59 bits per heavy atom. The lowest BCUT2D eigenvalue weighted by Crippen LogP contribution is -2.23. The summed E-state index contributed by atoms with van der Waals surface area (Å²) < 4.78 is 54.9. The van der Waals surface area contributed by atoms with E-state index in [1.54, 1.807) is 24.0 Å². The molecule has 2 N–H and O–H groups in total. The molecular weight excluding hydrogens is 533 g/mol. The second-order valence-corrected chi connectivity index (χ2v) is 9.23. The SMILES string of the molecule is CC(C)c1ccccc1NC(=O)NS/N=C/c1cc2c(cn1)c(COc1ccc(OC(F)(F)F)cc1)nn2C. The highest BCUT2D eigenvalue weighted by atomic mass is 32.2. The number of anilines is 1. The molecular formula is C26H25F3N6O3S. The molecule has 0 aliphatic rings. The first kappa shape index (κ1) is 27.8. The lowest BCUT2D eigenvalue weighted by atomic mass is 10.0. The predicted octanol–water partition coefficient (Wildman–Crippen LogP) is 6.37. The van der Waals surface area contributed by atoms with Gasteiger partial charge in [-0.15, -0.1) is 13.2 Å². The number of aromatic nitrogens is 3. The Balaban J connectivity index is 1.33. The summed E-state index contributed by atoms with van der Waals surface area (Å²) >= 11 is 0.868. The van der Waals surface area contributed by atoms with Crippen LogP contribution in [0.3, 0.4) is 0 Å². The fraction of sp³-hybridized carbons (Fsp3) is 0.231. The van der Waals surface area contributed by atoms with E-state index in [0.29, 0.717) is 17.1 Å². The summed E-state index contributed by atoms with van der Waals surface area (Å²) in [6.07, 6.45) is -1.60. The average Bonchev–Trinajstić information content (AvgIpc) is 3.20. The van der Waals surface area contributed by atoms with E-state index in [2.05, 4.69) is 43.1 Å². The average molecular weight is 559 g/mol. The first-order chi connectivity index (χ1) is 18.6. The number of pyridine rings is 1. The number of halogens is 3. The van der Waals surface area contributed by atoms with Crippen LogP contribution in [0.15, 0.2) is 65.2 Å². The van der Waals surface area contributed by atoms with Crippen molar-refractivity contribution in [2.45, 2.75) is 32.7 Å². The summed E-state index contributed by atoms with van der Waals surface area (Å²) in [7, 11) is 1.77. The van der Waals surface area contributed by atoms with Crippen molar-refractivity contribution in [2.24, 2.45) is 11.4 Å². The molecule has 0 spiro atoms. The standard InChI is InChI=1S/C26H25F3N6O3S/c1-16(2)20-6-4-5-7-22(20)32-25(36)34-39-31-13-17-12-24-21(14-30-17)23(33-35(24)3)15-37-18-8-10-19(11-9-18)38-26(27,28)29/h4-14,16H,15H2,1-3H3,(H2,32,34,36)/b31-13+. The molecule has 2 aromatic heterocycles. The van der Waals surface area contributed by atoms with Gasteiger partial charge in [0.15, 0.2) is 0 Å². The highest BCUT2D eigenvalue weighted by molar-refractivity contribution is 7.96. The lowest BCUT2D eigenvalue weighted by Gasteiger charge is -2.13. The molecule has 2 aromatic carbocycles. The Kier molecular flexibility index (Phi) is 8.59. The molecule has 4 rings (SSSR count). The maximum absolute atomic E-state index is 12.3. The first-order valence-electron chi connectivity index (χ1n) is 11.7. The van der Waals surface area contributed by atoms with Crippen LogP contribution in [-0.2, 0) is 13.7 Å². The van der Waals surface area contributed by atoms with Crippen molar-refractivity contribution >= 4 is 41.0 Å². The van der Waals surface area contributed by atoms with Gasteiger partial charge >= 0.3 is 12.4 Å². The third-order valence-corrected chi connectivity index (χ3v) is 5.96. The number of hydrogen-bond acceptors (Lipinski definition) is 7. The number of nitrogens with zero attached hydrogens (tertiary/aromatic N) is 4. The molecule has 0 saturated carbocycles. The van der Waals surface area contributed by atoms with E-state index >= 15 is 0 Å². The lowest BCUT2D eigenvalue weighted by molar-refractivity contribution is -0.274. The summed E-state index contributed by atoms with van der Waals surface area (Å²) in [5, 5.41) is 8.03. The maximum atomic E-state index is 12.3. The van der Waals surface area contributed by atoms with Crippen molar-refractivity contribution in [3.05, 3.63) is 77.7 Å². The van der Waals surface area contributed by atoms with E-state index < -0.39 is 12.4 Å². The molecule has 0 unspecified atom stereocenters. The number of benzene rings is 2. The number of aryl methyl sites for hydroxylation is 1. The van der Waals surface area contributed by atoms with Crippen molar-refractivity contribution in [1.29, 1.82) is 0 Å². The van der Waals surface area contributed by atoms with Gasteiger partial charge in [0.05, 0.1) is 29.6 Å². The summed E-state index contributed by atoms with van der Waals surface area (Å²) in [4.78, 5) is 16.6. The van der Waals surface area contributed by atoms with Crippen LogP contribution in [0.1, 0.15) is 36.7 Å². The van der Waals surface area contributed by atoms with Crippen LogP contribution in [0.4, 0.5) is 23.7 Å². The predicted molar refractivity (Wildman–Crippen MR) is 144 cm³/mol. The van der Waals surface area contributed by atoms with Gasteiger partial charge < -0.3 is 14.8 Å². The molecule has 0 saturated heterocycles. The van der Waals surface area contributed by atoms with Crippen LogP contribution in [0, 0.1) is 0 Å².